The van der Waals surface area contributed by atoms with Crippen LogP contribution in [0.5, 0.6) is 0 Å². The summed E-state index contributed by atoms with van der Waals surface area (Å²) < 4.78 is 14.6. The van der Waals surface area contributed by atoms with Crippen LogP contribution in [0.1, 0.15) is 67.2 Å². The van der Waals surface area contributed by atoms with Gasteiger partial charge < -0.3 is 14.2 Å². The Bertz CT molecular complexity index is 400. The molecule has 0 fully saturated rings. The van der Waals surface area contributed by atoms with Crippen LogP contribution in [0.3, 0.4) is 0 Å². The van der Waals surface area contributed by atoms with Crippen molar-refractivity contribution in [2.24, 2.45) is 10.8 Å². The molecular weight excluding hydrogens is 300 g/mol. The van der Waals surface area contributed by atoms with Crippen molar-refractivity contribution in [1.29, 1.82) is 0 Å². The second kappa shape index (κ2) is 9.53. The van der Waals surface area contributed by atoms with Crippen molar-refractivity contribution in [3.63, 3.8) is 0 Å². The zero-order valence-corrected chi connectivity index (χ0v) is 15.2. The third kappa shape index (κ3) is 12.6. The Kier molecular flexibility index (Phi) is 8.87. The lowest BCUT2D eigenvalue weighted by molar-refractivity contribution is -0.173. The van der Waals surface area contributed by atoms with Crippen LogP contribution in [0, 0.1) is 10.8 Å². The number of carbonyl (C=O) groups excluding carboxylic acids is 3. The molecule has 0 aliphatic heterocycles. The van der Waals surface area contributed by atoms with E-state index in [0.29, 0.717) is 6.61 Å². The summed E-state index contributed by atoms with van der Waals surface area (Å²) in [5, 5.41) is 0. The van der Waals surface area contributed by atoms with Gasteiger partial charge in [-0.1, -0.05) is 20.8 Å². The van der Waals surface area contributed by atoms with Gasteiger partial charge in [0.1, 0.15) is 0 Å². The molecule has 0 atom stereocenters. The van der Waals surface area contributed by atoms with Gasteiger partial charge in [0.15, 0.2) is 0 Å². The summed E-state index contributed by atoms with van der Waals surface area (Å²) in [6.45, 7) is 11.4. The van der Waals surface area contributed by atoms with Crippen molar-refractivity contribution in [3.8, 4) is 0 Å². The van der Waals surface area contributed by atoms with E-state index in [2.05, 4.69) is 20.8 Å². The lowest BCUT2D eigenvalue weighted by Crippen LogP contribution is -2.24. The van der Waals surface area contributed by atoms with Crippen LogP contribution in [0.25, 0.3) is 0 Å². The second-order valence-electron chi connectivity index (χ2n) is 7.70. The first kappa shape index (κ1) is 21.4. The van der Waals surface area contributed by atoms with Crippen LogP contribution in [0.2, 0.25) is 0 Å². The van der Waals surface area contributed by atoms with Gasteiger partial charge in [-0.3, -0.25) is 14.4 Å². The lowest BCUT2D eigenvalue weighted by Gasteiger charge is -2.17. The molecule has 0 aliphatic rings. The molecule has 23 heavy (non-hydrogen) atoms. The van der Waals surface area contributed by atoms with Gasteiger partial charge in [-0.15, -0.1) is 0 Å². The lowest BCUT2D eigenvalue weighted by atomic mass is 9.91. The largest absolute Gasteiger partial charge is 0.466 e. The normalized spacial score (nSPS) is 11.7. The van der Waals surface area contributed by atoms with E-state index < -0.39 is 30.1 Å². The van der Waals surface area contributed by atoms with Gasteiger partial charge in [-0.2, -0.15) is 0 Å². The van der Waals surface area contributed by atoms with Crippen LogP contribution in [-0.4, -0.2) is 31.3 Å². The van der Waals surface area contributed by atoms with Gasteiger partial charge in [0.05, 0.1) is 24.9 Å². The Morgan fingerprint density at radius 2 is 1.30 bits per heavy atom. The van der Waals surface area contributed by atoms with E-state index in [4.69, 9.17) is 14.2 Å². The first-order valence-corrected chi connectivity index (χ1v) is 7.90. The van der Waals surface area contributed by atoms with E-state index in [1.165, 1.54) is 0 Å². The van der Waals surface area contributed by atoms with E-state index in [-0.39, 0.29) is 18.3 Å². The van der Waals surface area contributed by atoms with Gasteiger partial charge in [-0.05, 0) is 39.0 Å². The maximum Gasteiger partial charge on any atom is 0.314 e. The van der Waals surface area contributed by atoms with Gasteiger partial charge in [0.2, 0.25) is 6.79 Å². The smallest absolute Gasteiger partial charge is 0.314 e. The molecule has 0 N–H and O–H groups in total. The first-order valence-electron chi connectivity index (χ1n) is 7.90. The maximum atomic E-state index is 11.5. The Balaban J connectivity index is 3.73. The number of esters is 3. The minimum Gasteiger partial charge on any atom is -0.466 e. The Hall–Kier alpha value is -1.59. The molecule has 0 spiro atoms. The molecule has 0 aromatic heterocycles. The van der Waals surface area contributed by atoms with Crippen molar-refractivity contribution in [1.82, 2.24) is 0 Å². The molecule has 0 radical (unpaired) electrons. The van der Waals surface area contributed by atoms with E-state index >= 15 is 0 Å². The zero-order chi connectivity index (χ0) is 18.1. The number of hydrogen-bond donors (Lipinski definition) is 0. The van der Waals surface area contributed by atoms with Gasteiger partial charge in [0, 0.05) is 0 Å². The molecule has 0 saturated carbocycles. The quantitative estimate of drug-likeness (QED) is 0.386. The molecule has 0 amide bonds. The summed E-state index contributed by atoms with van der Waals surface area (Å²) in [4.78, 5) is 34.3. The zero-order valence-electron chi connectivity index (χ0n) is 15.2. The molecule has 134 valence electrons. The molecule has 0 unspecified atom stereocenters. The Labute approximate surface area is 138 Å². The molecule has 0 rings (SSSR count). The fourth-order valence-corrected chi connectivity index (χ4v) is 1.50. The van der Waals surface area contributed by atoms with Gasteiger partial charge in [-0.25, -0.2) is 0 Å². The van der Waals surface area contributed by atoms with Crippen molar-refractivity contribution in [2.75, 3.05) is 13.4 Å². The van der Waals surface area contributed by atoms with Crippen molar-refractivity contribution >= 4 is 17.9 Å². The number of rotatable bonds is 8. The van der Waals surface area contributed by atoms with Crippen LogP contribution in [0.15, 0.2) is 0 Å². The third-order valence-electron chi connectivity index (χ3n) is 2.89. The molecular formula is C17H30O6. The van der Waals surface area contributed by atoms with E-state index in [1.807, 2.05) is 0 Å². The monoisotopic (exact) mass is 330 g/mol. The SMILES string of the molecule is CC(C)(C)CCCOC(=O)CCC(=O)OCOC(=O)C(C)(C)C. The Morgan fingerprint density at radius 1 is 0.783 bits per heavy atom. The van der Waals surface area contributed by atoms with Gasteiger partial charge >= 0.3 is 17.9 Å². The summed E-state index contributed by atoms with van der Waals surface area (Å²) in [6, 6.07) is 0. The fourth-order valence-electron chi connectivity index (χ4n) is 1.50. The minimum atomic E-state index is -0.650. The highest BCUT2D eigenvalue weighted by Gasteiger charge is 2.23. The van der Waals surface area contributed by atoms with Crippen LogP contribution >= 0.6 is 0 Å². The van der Waals surface area contributed by atoms with E-state index in [9.17, 15) is 14.4 Å². The van der Waals surface area contributed by atoms with Crippen LogP contribution in [0.4, 0.5) is 0 Å². The summed E-state index contributed by atoms with van der Waals surface area (Å²) in [7, 11) is 0. The number of carbonyl (C=O) groups is 3. The average Bonchev–Trinajstić information content (AvgIpc) is 2.39. The van der Waals surface area contributed by atoms with Gasteiger partial charge in [0.25, 0.3) is 0 Å². The van der Waals surface area contributed by atoms with Crippen molar-refractivity contribution in [3.05, 3.63) is 0 Å². The Morgan fingerprint density at radius 3 is 1.78 bits per heavy atom. The van der Waals surface area contributed by atoms with Crippen LogP contribution < -0.4 is 0 Å². The van der Waals surface area contributed by atoms with E-state index in [1.54, 1.807) is 20.8 Å². The highest BCUT2D eigenvalue weighted by molar-refractivity contribution is 5.78. The van der Waals surface area contributed by atoms with Crippen molar-refractivity contribution < 1.29 is 28.6 Å². The first-order chi connectivity index (χ1) is 10.4. The predicted molar refractivity (Wildman–Crippen MR) is 85.4 cm³/mol. The fraction of sp³-hybridized carbons (Fsp3) is 0.824. The summed E-state index contributed by atoms with van der Waals surface area (Å²) in [6.07, 6.45) is 1.62. The highest BCUT2D eigenvalue weighted by Crippen LogP contribution is 2.20. The third-order valence-corrected chi connectivity index (χ3v) is 2.89. The molecule has 6 heteroatoms. The molecule has 0 heterocycles. The highest BCUT2D eigenvalue weighted by atomic mass is 16.7. The molecule has 0 aromatic rings. The average molecular weight is 330 g/mol. The summed E-state index contributed by atoms with van der Waals surface area (Å²) in [5.74, 6) is -1.48. The van der Waals surface area contributed by atoms with Crippen molar-refractivity contribution in [2.45, 2.75) is 67.2 Å². The predicted octanol–water partition coefficient (Wildman–Crippen LogP) is 3.23. The molecule has 0 aliphatic carbocycles. The molecule has 6 nitrogen and oxygen atoms in total. The number of ether oxygens (including phenoxy) is 3. The second-order valence-corrected chi connectivity index (χ2v) is 7.70. The van der Waals surface area contributed by atoms with E-state index in [0.717, 1.165) is 12.8 Å². The molecule has 0 aromatic carbocycles. The summed E-state index contributed by atoms with van der Waals surface area (Å²) in [5.41, 5.74) is -0.441. The molecule has 0 bridgehead atoms. The standard InChI is InChI=1S/C17H30O6/c1-16(2,3)10-7-11-21-13(18)8-9-14(19)22-12-23-15(20)17(4,5)6/h7-12H2,1-6H3. The topological polar surface area (TPSA) is 78.9 Å². The minimum absolute atomic E-state index is 0.0401. The maximum absolute atomic E-state index is 11.5. The van der Waals surface area contributed by atoms with Crippen LogP contribution in [-0.2, 0) is 28.6 Å². The summed E-state index contributed by atoms with van der Waals surface area (Å²) >= 11 is 0. The number of hydrogen-bond acceptors (Lipinski definition) is 6. The molecule has 0 saturated heterocycles.